The zero-order valence-corrected chi connectivity index (χ0v) is 15.3. The van der Waals surface area contributed by atoms with Crippen molar-refractivity contribution in [3.05, 3.63) is 30.4 Å². The number of anilines is 1. The largest absolute Gasteiger partial charge is 0.390 e. The van der Waals surface area contributed by atoms with Gasteiger partial charge in [-0.3, -0.25) is 10.1 Å². The Morgan fingerprint density at radius 2 is 1.96 bits per heavy atom. The molecule has 132 valence electrons. The maximum Gasteiger partial charge on any atom is 0.165 e. The first-order chi connectivity index (χ1) is 11.6. The molecule has 0 atom stereocenters. The van der Waals surface area contributed by atoms with E-state index in [0.29, 0.717) is 12.2 Å². The van der Waals surface area contributed by atoms with Crippen molar-refractivity contribution in [2.45, 2.75) is 52.2 Å². The molecule has 7 nitrogen and oxygen atoms in total. The predicted molar refractivity (Wildman–Crippen MR) is 98.3 cm³/mol. The van der Waals surface area contributed by atoms with Gasteiger partial charge in [0.2, 0.25) is 0 Å². The van der Waals surface area contributed by atoms with Gasteiger partial charge in [-0.15, -0.1) is 0 Å². The zero-order chi connectivity index (χ0) is 18.2. The lowest BCUT2D eigenvalue weighted by molar-refractivity contribution is 0.0550. The molecule has 0 aromatic carbocycles. The third-order valence-electron chi connectivity index (χ3n) is 3.90. The highest BCUT2D eigenvalue weighted by atomic mass is 16.3. The van der Waals surface area contributed by atoms with E-state index >= 15 is 0 Å². The number of aliphatic hydroxyl groups is 1. The van der Waals surface area contributed by atoms with E-state index in [1.54, 1.807) is 32.4 Å². The lowest BCUT2D eigenvalue weighted by atomic mass is 9.89. The Balaban J connectivity index is 2.09. The Bertz CT molecular complexity index is 894. The molecule has 0 aliphatic heterocycles. The van der Waals surface area contributed by atoms with E-state index in [0.717, 1.165) is 28.0 Å². The number of aromatic amines is 1. The van der Waals surface area contributed by atoms with Gasteiger partial charge < -0.3 is 10.4 Å². The molecule has 25 heavy (non-hydrogen) atoms. The van der Waals surface area contributed by atoms with Gasteiger partial charge in [0.05, 0.1) is 28.6 Å². The molecule has 3 N–H and O–H groups in total. The summed E-state index contributed by atoms with van der Waals surface area (Å²) in [4.78, 5) is 13.5. The van der Waals surface area contributed by atoms with Crippen molar-refractivity contribution in [1.29, 1.82) is 0 Å². The molecule has 0 radical (unpaired) electrons. The van der Waals surface area contributed by atoms with E-state index in [1.165, 1.54) is 0 Å². The summed E-state index contributed by atoms with van der Waals surface area (Å²) >= 11 is 0. The molecule has 3 heterocycles. The summed E-state index contributed by atoms with van der Waals surface area (Å²) in [6.45, 7) is 9.61. The van der Waals surface area contributed by atoms with Crippen LogP contribution < -0.4 is 5.32 Å². The normalized spacial score (nSPS) is 12.6. The van der Waals surface area contributed by atoms with E-state index in [9.17, 15) is 5.11 Å². The topological polar surface area (TPSA) is 99.6 Å². The van der Waals surface area contributed by atoms with Crippen LogP contribution in [0.25, 0.3) is 22.3 Å². The third kappa shape index (κ3) is 3.93. The van der Waals surface area contributed by atoms with Gasteiger partial charge in [0.25, 0.3) is 0 Å². The summed E-state index contributed by atoms with van der Waals surface area (Å²) in [6, 6.07) is 1.89. The Morgan fingerprint density at radius 1 is 1.20 bits per heavy atom. The van der Waals surface area contributed by atoms with Crippen LogP contribution in [0.1, 0.15) is 39.8 Å². The minimum Gasteiger partial charge on any atom is -0.390 e. The molecule has 0 unspecified atom stereocenters. The smallest absolute Gasteiger partial charge is 0.165 e. The summed E-state index contributed by atoms with van der Waals surface area (Å²) in [5.74, 6) is 1.31. The maximum atomic E-state index is 10.2. The van der Waals surface area contributed by atoms with E-state index in [-0.39, 0.29) is 5.54 Å². The van der Waals surface area contributed by atoms with E-state index in [2.05, 4.69) is 25.5 Å². The molecule has 3 aromatic heterocycles. The van der Waals surface area contributed by atoms with Gasteiger partial charge in [-0.05, 0) is 47.1 Å². The fourth-order valence-corrected chi connectivity index (χ4v) is 3.23. The van der Waals surface area contributed by atoms with Gasteiger partial charge in [0.15, 0.2) is 5.82 Å². The highest BCUT2D eigenvalue weighted by molar-refractivity contribution is 5.90. The Kier molecular flexibility index (Phi) is 4.20. The highest BCUT2D eigenvalue weighted by Gasteiger charge is 2.28. The molecule has 3 rings (SSSR count). The quantitative estimate of drug-likeness (QED) is 0.660. The first-order valence-corrected chi connectivity index (χ1v) is 8.28. The van der Waals surface area contributed by atoms with Crippen LogP contribution in [-0.2, 0) is 0 Å². The molecule has 0 saturated carbocycles. The van der Waals surface area contributed by atoms with Crippen molar-refractivity contribution in [2.75, 3.05) is 5.32 Å². The number of fused-ring (bicyclic) bond motifs is 1. The molecule has 0 bridgehead atoms. The fraction of sp³-hybridized carbons (Fsp3) is 0.444. The lowest BCUT2D eigenvalue weighted by Crippen LogP contribution is -2.39. The monoisotopic (exact) mass is 340 g/mol. The number of nitrogens with one attached hydrogen (secondary N) is 2. The molecule has 0 amide bonds. The van der Waals surface area contributed by atoms with Crippen LogP contribution in [-0.4, -0.2) is 41.4 Å². The lowest BCUT2D eigenvalue weighted by Gasteiger charge is -2.33. The molecule has 0 spiro atoms. The molecule has 0 aliphatic carbocycles. The highest BCUT2D eigenvalue weighted by Crippen LogP contribution is 2.29. The average molecular weight is 340 g/mol. The van der Waals surface area contributed by atoms with Gasteiger partial charge in [-0.1, -0.05) is 0 Å². The van der Waals surface area contributed by atoms with Crippen LogP contribution in [0.15, 0.2) is 24.7 Å². The predicted octanol–water partition coefficient (Wildman–Crippen LogP) is 3.07. The summed E-state index contributed by atoms with van der Waals surface area (Å²) in [5, 5.41) is 21.5. The van der Waals surface area contributed by atoms with Crippen LogP contribution in [0.3, 0.4) is 0 Å². The number of pyridine rings is 1. The van der Waals surface area contributed by atoms with Gasteiger partial charge in [0.1, 0.15) is 5.82 Å². The SMILES string of the molecule is Cc1n[nH]cc1-c1nc(NC(C)(C)CC(C)(C)O)c2ccncc2n1. The summed E-state index contributed by atoms with van der Waals surface area (Å²) in [7, 11) is 0. The molecule has 7 heteroatoms. The van der Waals surface area contributed by atoms with Gasteiger partial charge in [0, 0.05) is 23.3 Å². The molecule has 0 aliphatic rings. The molecule has 0 fully saturated rings. The van der Waals surface area contributed by atoms with Gasteiger partial charge in [-0.25, -0.2) is 9.97 Å². The number of H-pyrrole nitrogens is 1. The number of rotatable bonds is 5. The average Bonchev–Trinajstić information content (AvgIpc) is 2.90. The first kappa shape index (κ1) is 17.3. The number of aryl methyl sites for hydroxylation is 1. The Labute approximate surface area is 146 Å². The number of aromatic nitrogens is 5. The summed E-state index contributed by atoms with van der Waals surface area (Å²) in [5.41, 5.74) is 1.31. The minimum atomic E-state index is -0.787. The summed E-state index contributed by atoms with van der Waals surface area (Å²) < 4.78 is 0. The van der Waals surface area contributed by atoms with Crippen molar-refractivity contribution in [1.82, 2.24) is 25.1 Å². The van der Waals surface area contributed by atoms with E-state index in [4.69, 9.17) is 4.98 Å². The maximum absolute atomic E-state index is 10.2. The second-order valence-electron chi connectivity index (χ2n) is 7.67. The van der Waals surface area contributed by atoms with E-state index < -0.39 is 5.60 Å². The standard InChI is InChI=1S/C18H24N6O/c1-11-13(8-20-24-11)15-21-14-9-19-7-6-12(14)16(22-15)23-17(2,3)10-18(4,5)25/h6-9,25H,10H2,1-5H3,(H,20,24)(H,21,22,23). The van der Waals surface area contributed by atoms with Crippen molar-refractivity contribution in [2.24, 2.45) is 0 Å². The van der Waals surface area contributed by atoms with Crippen LogP contribution >= 0.6 is 0 Å². The number of hydrogen-bond donors (Lipinski definition) is 3. The molecule has 3 aromatic rings. The van der Waals surface area contributed by atoms with Crippen molar-refractivity contribution >= 4 is 16.7 Å². The van der Waals surface area contributed by atoms with Crippen molar-refractivity contribution < 1.29 is 5.11 Å². The minimum absolute atomic E-state index is 0.356. The van der Waals surface area contributed by atoms with Gasteiger partial charge >= 0.3 is 0 Å². The second-order valence-corrected chi connectivity index (χ2v) is 7.67. The van der Waals surface area contributed by atoms with Crippen LogP contribution in [0.4, 0.5) is 5.82 Å². The Morgan fingerprint density at radius 3 is 2.60 bits per heavy atom. The fourth-order valence-electron chi connectivity index (χ4n) is 3.23. The summed E-state index contributed by atoms with van der Waals surface area (Å²) in [6.07, 6.45) is 5.81. The van der Waals surface area contributed by atoms with Gasteiger partial charge in [-0.2, -0.15) is 5.10 Å². The molecular formula is C18H24N6O. The number of nitrogens with zero attached hydrogens (tertiary/aromatic N) is 4. The first-order valence-electron chi connectivity index (χ1n) is 8.28. The van der Waals surface area contributed by atoms with Crippen LogP contribution in [0.5, 0.6) is 0 Å². The van der Waals surface area contributed by atoms with Crippen LogP contribution in [0, 0.1) is 6.92 Å². The molecular weight excluding hydrogens is 316 g/mol. The number of hydrogen-bond acceptors (Lipinski definition) is 6. The third-order valence-corrected chi connectivity index (χ3v) is 3.90. The van der Waals surface area contributed by atoms with E-state index in [1.807, 2.05) is 26.8 Å². The van der Waals surface area contributed by atoms with Crippen molar-refractivity contribution in [3.63, 3.8) is 0 Å². The van der Waals surface area contributed by atoms with Crippen molar-refractivity contribution in [3.8, 4) is 11.4 Å². The second kappa shape index (κ2) is 6.07. The zero-order valence-electron chi connectivity index (χ0n) is 15.3. The van der Waals surface area contributed by atoms with Crippen LogP contribution in [0.2, 0.25) is 0 Å². The molecule has 0 saturated heterocycles. The Hall–Kier alpha value is -2.54.